The van der Waals surface area contributed by atoms with Gasteiger partial charge in [0.15, 0.2) is 5.82 Å². The molecule has 3 aromatic rings. The van der Waals surface area contributed by atoms with Crippen molar-refractivity contribution in [2.24, 2.45) is 0 Å². The lowest BCUT2D eigenvalue weighted by Gasteiger charge is -2.13. The van der Waals surface area contributed by atoms with Crippen molar-refractivity contribution in [2.75, 3.05) is 4.90 Å². The van der Waals surface area contributed by atoms with Gasteiger partial charge in [0.1, 0.15) is 0 Å². The number of aryl methyl sites for hydroxylation is 1. The van der Waals surface area contributed by atoms with Crippen LogP contribution in [0.5, 0.6) is 0 Å². The van der Waals surface area contributed by atoms with Gasteiger partial charge < -0.3 is 4.52 Å². The third kappa shape index (κ3) is 2.03. The maximum atomic E-state index is 12.4. The van der Waals surface area contributed by atoms with Crippen LogP contribution in [0, 0.1) is 6.92 Å². The Morgan fingerprint density at radius 3 is 2.04 bits per heavy atom. The molecule has 0 unspecified atom stereocenters. The minimum absolute atomic E-state index is 0.313. The van der Waals surface area contributed by atoms with Crippen molar-refractivity contribution < 1.29 is 14.1 Å². The Kier molecular flexibility index (Phi) is 2.84. The molecule has 0 radical (unpaired) electrons. The quantitative estimate of drug-likeness (QED) is 0.680. The molecule has 0 fully saturated rings. The van der Waals surface area contributed by atoms with Crippen LogP contribution in [0.4, 0.5) is 5.69 Å². The van der Waals surface area contributed by atoms with E-state index >= 15 is 0 Å². The van der Waals surface area contributed by atoms with Crippen LogP contribution in [0.15, 0.2) is 53.1 Å². The molecule has 2 heterocycles. The fourth-order valence-corrected chi connectivity index (χ4v) is 2.59. The van der Waals surface area contributed by atoms with E-state index in [2.05, 4.69) is 10.1 Å². The molecule has 0 saturated carbocycles. The number of carbonyl (C=O) groups is 2. The number of amides is 2. The number of fused-ring (bicyclic) bond motifs is 1. The number of hydrogen-bond donors (Lipinski definition) is 0. The monoisotopic (exact) mass is 305 g/mol. The van der Waals surface area contributed by atoms with Crippen molar-refractivity contribution >= 4 is 17.5 Å². The molecule has 4 rings (SSSR count). The summed E-state index contributed by atoms with van der Waals surface area (Å²) >= 11 is 0. The Balaban J connectivity index is 1.70. The van der Waals surface area contributed by atoms with Crippen LogP contribution in [-0.2, 0) is 0 Å². The molecule has 6 heteroatoms. The van der Waals surface area contributed by atoms with Crippen molar-refractivity contribution in [3.05, 3.63) is 65.5 Å². The second-order valence-corrected chi connectivity index (χ2v) is 5.18. The fraction of sp³-hybridized carbons (Fsp3) is 0.0588. The molecule has 2 aromatic carbocycles. The van der Waals surface area contributed by atoms with Crippen LogP contribution < -0.4 is 4.90 Å². The Morgan fingerprint density at radius 1 is 0.913 bits per heavy atom. The molecule has 6 nitrogen and oxygen atoms in total. The number of carbonyl (C=O) groups excluding carboxylic acids is 2. The molecular formula is C17H11N3O3. The summed E-state index contributed by atoms with van der Waals surface area (Å²) in [5.41, 5.74) is 2.09. The molecule has 0 N–H and O–H groups in total. The molecule has 2 amide bonds. The van der Waals surface area contributed by atoms with Gasteiger partial charge in [0.2, 0.25) is 0 Å². The van der Waals surface area contributed by atoms with Crippen LogP contribution in [0.25, 0.3) is 11.5 Å². The Labute approximate surface area is 131 Å². The number of imide groups is 1. The summed E-state index contributed by atoms with van der Waals surface area (Å²) < 4.78 is 5.10. The van der Waals surface area contributed by atoms with Crippen molar-refractivity contribution in [1.82, 2.24) is 10.1 Å². The van der Waals surface area contributed by atoms with E-state index in [-0.39, 0.29) is 11.8 Å². The molecule has 0 spiro atoms. The van der Waals surface area contributed by atoms with Crippen LogP contribution >= 0.6 is 0 Å². The third-order valence-corrected chi connectivity index (χ3v) is 3.69. The standard InChI is InChI=1S/C17H11N3O3/c1-10-18-15(23-19-10)11-6-8-12(9-7-11)20-16(21)13-4-2-3-5-14(13)17(20)22/h2-9H,1H3. The molecule has 0 bridgehead atoms. The lowest BCUT2D eigenvalue weighted by atomic mass is 10.1. The summed E-state index contributed by atoms with van der Waals surface area (Å²) in [5.74, 6) is 0.319. The maximum Gasteiger partial charge on any atom is 0.266 e. The normalized spacial score (nSPS) is 13.5. The van der Waals surface area contributed by atoms with E-state index in [1.54, 1.807) is 55.5 Å². The summed E-state index contributed by atoms with van der Waals surface area (Å²) in [4.78, 5) is 30.2. The second-order valence-electron chi connectivity index (χ2n) is 5.18. The summed E-state index contributed by atoms with van der Waals surface area (Å²) in [7, 11) is 0. The first-order valence-corrected chi connectivity index (χ1v) is 7.04. The van der Waals surface area contributed by atoms with Gasteiger partial charge >= 0.3 is 0 Å². The zero-order valence-electron chi connectivity index (χ0n) is 12.2. The molecule has 23 heavy (non-hydrogen) atoms. The van der Waals surface area contributed by atoms with Crippen LogP contribution in [0.2, 0.25) is 0 Å². The predicted octanol–water partition coefficient (Wildman–Crippen LogP) is 2.85. The molecule has 0 atom stereocenters. The van der Waals surface area contributed by atoms with Gasteiger partial charge in [-0.1, -0.05) is 17.3 Å². The zero-order chi connectivity index (χ0) is 16.0. The Morgan fingerprint density at radius 2 is 1.52 bits per heavy atom. The van der Waals surface area contributed by atoms with Crippen molar-refractivity contribution in [2.45, 2.75) is 6.92 Å². The lowest BCUT2D eigenvalue weighted by Crippen LogP contribution is -2.29. The maximum absolute atomic E-state index is 12.4. The summed E-state index contributed by atoms with van der Waals surface area (Å²) in [6, 6.07) is 13.7. The summed E-state index contributed by atoms with van der Waals surface area (Å²) in [6.07, 6.45) is 0. The highest BCUT2D eigenvalue weighted by atomic mass is 16.5. The van der Waals surface area contributed by atoms with Gasteiger partial charge in [-0.05, 0) is 43.3 Å². The van der Waals surface area contributed by atoms with Gasteiger partial charge in [0.05, 0.1) is 16.8 Å². The molecule has 1 aliphatic rings. The van der Waals surface area contributed by atoms with Gasteiger partial charge in [-0.25, -0.2) is 4.90 Å². The predicted molar refractivity (Wildman–Crippen MR) is 82.1 cm³/mol. The highest BCUT2D eigenvalue weighted by Gasteiger charge is 2.36. The first-order valence-electron chi connectivity index (χ1n) is 7.04. The molecule has 1 aromatic heterocycles. The average Bonchev–Trinajstić information content (AvgIpc) is 3.11. The molecular weight excluding hydrogens is 294 g/mol. The van der Waals surface area contributed by atoms with Crippen molar-refractivity contribution in [3.8, 4) is 11.5 Å². The SMILES string of the molecule is Cc1noc(-c2ccc(N3C(=O)c4ccccc4C3=O)cc2)n1. The van der Waals surface area contributed by atoms with E-state index in [1.807, 2.05) is 0 Å². The van der Waals surface area contributed by atoms with Gasteiger partial charge in [-0.2, -0.15) is 4.98 Å². The van der Waals surface area contributed by atoms with Gasteiger partial charge in [0.25, 0.3) is 17.7 Å². The van der Waals surface area contributed by atoms with Crippen molar-refractivity contribution in [1.29, 1.82) is 0 Å². The van der Waals surface area contributed by atoms with Crippen LogP contribution in [0.3, 0.4) is 0 Å². The van der Waals surface area contributed by atoms with E-state index in [0.29, 0.717) is 28.5 Å². The first kappa shape index (κ1) is 13.4. The number of benzene rings is 2. The van der Waals surface area contributed by atoms with Gasteiger partial charge in [0, 0.05) is 5.56 Å². The van der Waals surface area contributed by atoms with Crippen molar-refractivity contribution in [3.63, 3.8) is 0 Å². The highest BCUT2D eigenvalue weighted by molar-refractivity contribution is 6.34. The fourth-order valence-electron chi connectivity index (χ4n) is 2.59. The number of anilines is 1. The Hall–Kier alpha value is -3.28. The summed E-state index contributed by atoms with van der Waals surface area (Å²) in [6.45, 7) is 1.74. The number of nitrogens with zero attached hydrogens (tertiary/aromatic N) is 3. The number of aromatic nitrogens is 2. The first-order chi connectivity index (χ1) is 11.1. The molecule has 1 aliphatic heterocycles. The van der Waals surface area contributed by atoms with E-state index in [4.69, 9.17) is 4.52 Å². The Bertz CT molecular complexity index is 893. The van der Waals surface area contributed by atoms with E-state index in [1.165, 1.54) is 4.90 Å². The minimum Gasteiger partial charge on any atom is -0.334 e. The van der Waals surface area contributed by atoms with E-state index < -0.39 is 0 Å². The summed E-state index contributed by atoms with van der Waals surface area (Å²) in [5, 5.41) is 3.74. The lowest BCUT2D eigenvalue weighted by molar-refractivity contribution is 0.0926. The highest BCUT2D eigenvalue weighted by Crippen LogP contribution is 2.29. The third-order valence-electron chi connectivity index (χ3n) is 3.69. The van der Waals surface area contributed by atoms with Gasteiger partial charge in [-0.15, -0.1) is 0 Å². The average molecular weight is 305 g/mol. The topological polar surface area (TPSA) is 76.3 Å². The van der Waals surface area contributed by atoms with Gasteiger partial charge in [-0.3, -0.25) is 9.59 Å². The van der Waals surface area contributed by atoms with Crippen LogP contribution in [-0.4, -0.2) is 22.0 Å². The van der Waals surface area contributed by atoms with E-state index in [0.717, 1.165) is 5.56 Å². The largest absolute Gasteiger partial charge is 0.334 e. The number of hydrogen-bond acceptors (Lipinski definition) is 5. The molecule has 0 saturated heterocycles. The van der Waals surface area contributed by atoms with E-state index in [9.17, 15) is 9.59 Å². The molecule has 112 valence electrons. The smallest absolute Gasteiger partial charge is 0.266 e. The van der Waals surface area contributed by atoms with Crippen LogP contribution in [0.1, 0.15) is 26.5 Å². The number of rotatable bonds is 2. The second kappa shape index (κ2) is 4.88. The molecule has 0 aliphatic carbocycles. The zero-order valence-corrected chi connectivity index (χ0v) is 12.2. The minimum atomic E-state index is -0.313.